The molecule has 1 fully saturated rings. The van der Waals surface area contributed by atoms with Crippen LogP contribution in [-0.4, -0.2) is 43.0 Å². The Hall–Kier alpha value is -2.38. The largest absolute Gasteiger partial charge is 0.492 e. The molecule has 6 nitrogen and oxygen atoms in total. The van der Waals surface area contributed by atoms with E-state index in [0.717, 1.165) is 44.3 Å². The van der Waals surface area contributed by atoms with Crippen LogP contribution in [-0.2, 0) is 17.6 Å². The molecule has 0 bridgehead atoms. The van der Waals surface area contributed by atoms with E-state index in [1.165, 1.54) is 11.3 Å². The molecule has 4 rings (SSSR count). The summed E-state index contributed by atoms with van der Waals surface area (Å²) >= 11 is 1.55. The molecule has 0 radical (unpaired) electrons. The minimum atomic E-state index is -0.187. The van der Waals surface area contributed by atoms with Gasteiger partial charge in [0.1, 0.15) is 10.8 Å². The van der Waals surface area contributed by atoms with E-state index >= 15 is 0 Å². The van der Waals surface area contributed by atoms with Crippen molar-refractivity contribution in [2.24, 2.45) is 5.92 Å². The molecule has 2 aliphatic rings. The number of nitrogens with zero attached hydrogens (tertiary/aromatic N) is 1. The summed E-state index contributed by atoms with van der Waals surface area (Å²) in [4.78, 5) is 29.5. The van der Waals surface area contributed by atoms with E-state index in [0.29, 0.717) is 41.1 Å². The number of hydrogen-bond acceptors (Lipinski definition) is 5. The third kappa shape index (κ3) is 5.10. The first-order chi connectivity index (χ1) is 15.0. The van der Waals surface area contributed by atoms with Gasteiger partial charge < -0.3 is 15.4 Å². The van der Waals surface area contributed by atoms with Gasteiger partial charge in [-0.25, -0.2) is 0 Å². The molecule has 0 unspecified atom stereocenters. The molecule has 2 heterocycles. The van der Waals surface area contributed by atoms with Gasteiger partial charge in [0.05, 0.1) is 24.4 Å². The van der Waals surface area contributed by atoms with Gasteiger partial charge in [-0.3, -0.25) is 14.5 Å². The minimum Gasteiger partial charge on any atom is -0.492 e. The second-order valence-corrected chi connectivity index (χ2v) is 9.58. The van der Waals surface area contributed by atoms with Gasteiger partial charge in [-0.15, -0.1) is 11.3 Å². The lowest BCUT2D eigenvalue weighted by atomic mass is 10.0. The lowest BCUT2D eigenvalue weighted by molar-refractivity contribution is -0.117. The van der Waals surface area contributed by atoms with E-state index in [9.17, 15) is 9.59 Å². The Bertz CT molecular complexity index is 956. The molecule has 2 N–H and O–H groups in total. The Morgan fingerprint density at radius 3 is 2.84 bits per heavy atom. The molecule has 1 saturated heterocycles. The highest BCUT2D eigenvalue weighted by Gasteiger charge is 2.28. The minimum absolute atomic E-state index is 0.0437. The predicted molar refractivity (Wildman–Crippen MR) is 125 cm³/mol. The Balaban J connectivity index is 1.51. The molecular weight excluding hydrogens is 410 g/mol. The molecule has 31 heavy (non-hydrogen) atoms. The van der Waals surface area contributed by atoms with Crippen molar-refractivity contribution in [2.75, 3.05) is 36.9 Å². The summed E-state index contributed by atoms with van der Waals surface area (Å²) in [5, 5.41) is 6.74. The number of ether oxygens (including phenoxy) is 1. The van der Waals surface area contributed by atoms with Crippen LogP contribution in [0.15, 0.2) is 24.3 Å². The second kappa shape index (κ2) is 9.83. The zero-order valence-corrected chi connectivity index (χ0v) is 19.1. The van der Waals surface area contributed by atoms with Crippen molar-refractivity contribution in [3.05, 3.63) is 40.3 Å². The topological polar surface area (TPSA) is 70.7 Å². The second-order valence-electron chi connectivity index (χ2n) is 8.48. The molecule has 2 amide bonds. The normalized spacial score (nSPS) is 18.5. The average molecular weight is 442 g/mol. The molecule has 2 aromatic rings. The number of benzene rings is 1. The van der Waals surface area contributed by atoms with Crippen molar-refractivity contribution in [1.29, 1.82) is 0 Å². The van der Waals surface area contributed by atoms with E-state index < -0.39 is 0 Å². The van der Waals surface area contributed by atoms with E-state index in [1.807, 2.05) is 31.2 Å². The Kier molecular flexibility index (Phi) is 6.92. The number of aryl methyl sites for hydroxylation is 1. The van der Waals surface area contributed by atoms with Crippen molar-refractivity contribution in [3.63, 3.8) is 0 Å². The molecule has 1 atom stereocenters. The van der Waals surface area contributed by atoms with Gasteiger partial charge in [0.2, 0.25) is 5.91 Å². The molecule has 1 aliphatic carbocycles. The van der Waals surface area contributed by atoms with Gasteiger partial charge in [-0.2, -0.15) is 0 Å². The van der Waals surface area contributed by atoms with Gasteiger partial charge in [0.15, 0.2) is 0 Å². The fourth-order valence-electron chi connectivity index (χ4n) is 4.57. The maximum absolute atomic E-state index is 13.3. The number of amides is 2. The lowest BCUT2D eigenvalue weighted by Crippen LogP contribution is -2.39. The number of anilines is 2. The van der Waals surface area contributed by atoms with Gasteiger partial charge >= 0.3 is 0 Å². The number of piperidine rings is 1. The van der Waals surface area contributed by atoms with Crippen LogP contribution in [0, 0.1) is 5.92 Å². The van der Waals surface area contributed by atoms with Crippen LogP contribution < -0.4 is 15.4 Å². The van der Waals surface area contributed by atoms with Gasteiger partial charge in [-0.05, 0) is 69.2 Å². The maximum Gasteiger partial charge on any atom is 0.259 e. The summed E-state index contributed by atoms with van der Waals surface area (Å²) in [5.74, 6) is 1.04. The van der Waals surface area contributed by atoms with Crippen molar-refractivity contribution in [2.45, 2.75) is 46.0 Å². The third-order valence-corrected chi connectivity index (χ3v) is 7.15. The number of carbonyl (C=O) groups excluding carboxylic acids is 2. The molecule has 1 aromatic heterocycles. The zero-order chi connectivity index (χ0) is 21.8. The molecule has 166 valence electrons. The standard InChI is InChI=1S/C24H31N3O3S/c1-3-30-19-11-5-4-10-18(19)25-23(29)22-17-9-6-12-20(17)31-24(22)26-21(28)15-27-13-7-8-16(2)14-27/h4-5,10-11,16H,3,6-9,12-15H2,1-2H3,(H,25,29)(H,26,28)/t16-/m1/s1. The van der Waals surface area contributed by atoms with Crippen LogP contribution in [0.4, 0.5) is 10.7 Å². The first-order valence-corrected chi connectivity index (χ1v) is 12.1. The molecule has 1 aliphatic heterocycles. The summed E-state index contributed by atoms with van der Waals surface area (Å²) in [6.45, 7) is 6.96. The maximum atomic E-state index is 13.3. The molecular formula is C24H31N3O3S. The lowest BCUT2D eigenvalue weighted by Gasteiger charge is -2.30. The number of fused-ring (bicyclic) bond motifs is 1. The van der Waals surface area contributed by atoms with Crippen LogP contribution in [0.25, 0.3) is 0 Å². The summed E-state index contributed by atoms with van der Waals surface area (Å²) in [6, 6.07) is 7.44. The van der Waals surface area contributed by atoms with Crippen molar-refractivity contribution in [1.82, 2.24) is 4.90 Å². The number of para-hydroxylation sites is 2. The fourth-order valence-corrected chi connectivity index (χ4v) is 5.87. The average Bonchev–Trinajstić information content (AvgIpc) is 3.30. The number of carbonyl (C=O) groups is 2. The molecule has 1 aromatic carbocycles. The van der Waals surface area contributed by atoms with Gasteiger partial charge in [0.25, 0.3) is 5.91 Å². The molecule has 0 saturated carbocycles. The highest BCUT2D eigenvalue weighted by atomic mass is 32.1. The number of rotatable bonds is 7. The summed E-state index contributed by atoms with van der Waals surface area (Å²) in [7, 11) is 0. The first-order valence-electron chi connectivity index (χ1n) is 11.2. The number of nitrogens with one attached hydrogen (secondary N) is 2. The smallest absolute Gasteiger partial charge is 0.259 e. The summed E-state index contributed by atoms with van der Waals surface area (Å²) in [6.07, 6.45) is 5.26. The van der Waals surface area contributed by atoms with Crippen LogP contribution in [0.2, 0.25) is 0 Å². The number of hydrogen-bond donors (Lipinski definition) is 2. The number of likely N-dealkylation sites (tertiary alicyclic amines) is 1. The van der Waals surface area contributed by atoms with Gasteiger partial charge in [-0.1, -0.05) is 19.1 Å². The van der Waals surface area contributed by atoms with Crippen LogP contribution in [0.3, 0.4) is 0 Å². The molecule has 7 heteroatoms. The monoisotopic (exact) mass is 441 g/mol. The quantitative estimate of drug-likeness (QED) is 0.661. The third-order valence-electron chi connectivity index (χ3n) is 5.94. The highest BCUT2D eigenvalue weighted by Crippen LogP contribution is 2.40. The van der Waals surface area contributed by atoms with Crippen LogP contribution >= 0.6 is 11.3 Å². The Morgan fingerprint density at radius 1 is 1.19 bits per heavy atom. The van der Waals surface area contributed by atoms with Crippen molar-refractivity contribution >= 4 is 33.8 Å². The summed E-state index contributed by atoms with van der Waals surface area (Å²) < 4.78 is 5.65. The number of thiophene rings is 1. The first kappa shape index (κ1) is 21.8. The van der Waals surface area contributed by atoms with E-state index in [-0.39, 0.29) is 11.8 Å². The molecule has 0 spiro atoms. The van der Waals surface area contributed by atoms with E-state index in [1.54, 1.807) is 11.3 Å². The zero-order valence-electron chi connectivity index (χ0n) is 18.3. The van der Waals surface area contributed by atoms with Crippen molar-refractivity contribution in [3.8, 4) is 5.75 Å². The Morgan fingerprint density at radius 2 is 2.03 bits per heavy atom. The van der Waals surface area contributed by atoms with Crippen molar-refractivity contribution < 1.29 is 14.3 Å². The fraction of sp³-hybridized carbons (Fsp3) is 0.500. The van der Waals surface area contributed by atoms with E-state index in [4.69, 9.17) is 4.74 Å². The van der Waals surface area contributed by atoms with Gasteiger partial charge in [0, 0.05) is 11.4 Å². The van der Waals surface area contributed by atoms with Crippen LogP contribution in [0.5, 0.6) is 5.75 Å². The highest BCUT2D eigenvalue weighted by molar-refractivity contribution is 7.17. The van der Waals surface area contributed by atoms with Crippen LogP contribution in [0.1, 0.15) is 53.9 Å². The Labute approximate surface area is 188 Å². The van der Waals surface area contributed by atoms with E-state index in [2.05, 4.69) is 22.5 Å². The predicted octanol–water partition coefficient (Wildman–Crippen LogP) is 4.56. The summed E-state index contributed by atoms with van der Waals surface area (Å²) in [5.41, 5.74) is 2.34. The SMILES string of the molecule is CCOc1ccccc1NC(=O)c1c(NC(=O)CN2CCC[C@@H](C)C2)sc2c1CCC2.